The highest BCUT2D eigenvalue weighted by atomic mass is 16.6. The third-order valence-electron chi connectivity index (χ3n) is 8.08. The molecule has 2 heterocycles. The lowest BCUT2D eigenvalue weighted by molar-refractivity contribution is -0.385. The standard InChI is InChI=1S/C29H40N6O5/c1-28(2)17-32(23-13-19(34(37)38)9-11-21(23)28)25(15-30(5)6)27(36)26(16-31(7)8)33-18-29(3,4)22-12-10-20(35(39)40)14-24(22)33/h9-14,25-26H,15-18H2,1-8H3. The van der Waals surface area contributed by atoms with Gasteiger partial charge in [0.05, 0.1) is 9.85 Å². The minimum Gasteiger partial charge on any atom is -0.359 e. The van der Waals surface area contributed by atoms with Crippen molar-refractivity contribution in [2.24, 2.45) is 0 Å². The molecule has 2 aliphatic heterocycles. The number of carbonyl (C=O) groups excluding carboxylic acids is 1. The number of fused-ring (bicyclic) bond motifs is 2. The van der Waals surface area contributed by atoms with E-state index in [2.05, 4.69) is 27.7 Å². The number of hydrogen-bond acceptors (Lipinski definition) is 9. The van der Waals surface area contributed by atoms with Crippen LogP contribution in [0.3, 0.4) is 0 Å². The normalized spacial score (nSPS) is 18.6. The van der Waals surface area contributed by atoms with E-state index in [9.17, 15) is 25.0 Å². The average Bonchev–Trinajstić information content (AvgIpc) is 3.28. The van der Waals surface area contributed by atoms with Gasteiger partial charge >= 0.3 is 0 Å². The van der Waals surface area contributed by atoms with Crippen molar-refractivity contribution >= 4 is 28.5 Å². The van der Waals surface area contributed by atoms with Crippen molar-refractivity contribution in [1.29, 1.82) is 0 Å². The molecule has 40 heavy (non-hydrogen) atoms. The van der Waals surface area contributed by atoms with E-state index >= 15 is 0 Å². The van der Waals surface area contributed by atoms with Crippen LogP contribution in [0.25, 0.3) is 0 Å². The van der Waals surface area contributed by atoms with E-state index in [1.165, 1.54) is 12.1 Å². The summed E-state index contributed by atoms with van der Waals surface area (Å²) < 4.78 is 0. The van der Waals surface area contributed by atoms with Gasteiger partial charge in [0.1, 0.15) is 12.1 Å². The molecule has 0 aromatic heterocycles. The van der Waals surface area contributed by atoms with Gasteiger partial charge in [-0.3, -0.25) is 25.0 Å². The maximum Gasteiger partial charge on any atom is 0.271 e. The zero-order chi connectivity index (χ0) is 29.7. The number of nitrogens with zero attached hydrogens (tertiary/aromatic N) is 6. The molecule has 0 radical (unpaired) electrons. The van der Waals surface area contributed by atoms with Gasteiger partial charge in [-0.15, -0.1) is 0 Å². The van der Waals surface area contributed by atoms with Gasteiger partial charge in [-0.05, 0) is 51.5 Å². The number of rotatable bonds is 10. The molecule has 2 unspecified atom stereocenters. The number of nitro benzene ring substituents is 2. The second-order valence-electron chi connectivity index (χ2n) is 12.9. The first-order valence-corrected chi connectivity index (χ1v) is 13.5. The van der Waals surface area contributed by atoms with Crippen LogP contribution in [-0.4, -0.2) is 91.9 Å². The molecule has 0 N–H and O–H groups in total. The summed E-state index contributed by atoms with van der Waals surface area (Å²) in [4.78, 5) is 45.3. The van der Waals surface area contributed by atoms with Crippen LogP contribution in [-0.2, 0) is 15.6 Å². The van der Waals surface area contributed by atoms with E-state index in [0.717, 1.165) is 11.1 Å². The van der Waals surface area contributed by atoms with Gasteiger partial charge in [-0.1, -0.05) is 27.7 Å². The fourth-order valence-corrected chi connectivity index (χ4v) is 6.23. The van der Waals surface area contributed by atoms with Crippen LogP contribution in [0.1, 0.15) is 38.8 Å². The minimum atomic E-state index is -0.590. The van der Waals surface area contributed by atoms with Crippen molar-refractivity contribution in [3.05, 3.63) is 67.8 Å². The summed E-state index contributed by atoms with van der Waals surface area (Å²) in [5, 5.41) is 23.3. The monoisotopic (exact) mass is 552 g/mol. The summed E-state index contributed by atoms with van der Waals surface area (Å²) >= 11 is 0. The van der Waals surface area contributed by atoms with E-state index in [1.807, 2.05) is 47.8 Å². The SMILES string of the molecule is CN(C)CC(C(=O)C(CN(C)C)N1CC(C)(C)c2ccc([N+](=O)[O-])cc21)N1CC(C)(C)c2ccc([N+](=O)[O-])cc21. The highest BCUT2D eigenvalue weighted by molar-refractivity contribution is 5.96. The van der Waals surface area contributed by atoms with Gasteiger partial charge in [-0.2, -0.15) is 0 Å². The number of anilines is 2. The van der Waals surface area contributed by atoms with Crippen molar-refractivity contribution in [2.45, 2.75) is 50.6 Å². The van der Waals surface area contributed by atoms with E-state index in [4.69, 9.17) is 0 Å². The highest BCUT2D eigenvalue weighted by Crippen LogP contribution is 2.46. The number of carbonyl (C=O) groups is 1. The van der Waals surface area contributed by atoms with Crippen molar-refractivity contribution in [3.63, 3.8) is 0 Å². The first kappa shape index (κ1) is 29.4. The molecule has 0 saturated carbocycles. The highest BCUT2D eigenvalue weighted by Gasteiger charge is 2.47. The Kier molecular flexibility index (Phi) is 7.68. The summed E-state index contributed by atoms with van der Waals surface area (Å²) in [7, 11) is 7.64. The first-order valence-electron chi connectivity index (χ1n) is 13.5. The summed E-state index contributed by atoms with van der Waals surface area (Å²) in [6.07, 6.45) is 0. The Bertz CT molecular complexity index is 1240. The molecule has 11 nitrogen and oxygen atoms in total. The van der Waals surface area contributed by atoms with Crippen LogP contribution in [0.2, 0.25) is 0 Å². The van der Waals surface area contributed by atoms with Crippen molar-refractivity contribution in [3.8, 4) is 0 Å². The number of ketones is 1. The van der Waals surface area contributed by atoms with Crippen molar-refractivity contribution in [2.75, 3.05) is 64.2 Å². The lowest BCUT2D eigenvalue weighted by atomic mass is 9.87. The number of benzene rings is 2. The number of Topliss-reactive ketones (excluding diaryl/α,β-unsaturated/α-hetero) is 1. The molecule has 0 aliphatic carbocycles. The maximum absolute atomic E-state index is 14.8. The predicted octanol–water partition coefficient (Wildman–Crippen LogP) is 3.83. The molecule has 0 amide bonds. The van der Waals surface area contributed by atoms with E-state index in [-0.39, 0.29) is 28.0 Å². The molecule has 4 rings (SSSR count). The Hall–Kier alpha value is -3.57. The Morgan fingerprint density at radius 2 is 1.12 bits per heavy atom. The Morgan fingerprint density at radius 1 is 0.775 bits per heavy atom. The van der Waals surface area contributed by atoms with Gasteiger partial charge in [-0.25, -0.2) is 0 Å². The van der Waals surface area contributed by atoms with Crippen LogP contribution >= 0.6 is 0 Å². The number of nitro groups is 2. The van der Waals surface area contributed by atoms with E-state index in [1.54, 1.807) is 24.3 Å². The van der Waals surface area contributed by atoms with Crippen LogP contribution in [0.4, 0.5) is 22.7 Å². The van der Waals surface area contributed by atoms with E-state index in [0.29, 0.717) is 37.6 Å². The molecule has 2 aromatic carbocycles. The number of non-ortho nitro benzene ring substituents is 2. The molecule has 2 atom stereocenters. The molecule has 0 spiro atoms. The largest absolute Gasteiger partial charge is 0.359 e. The van der Waals surface area contributed by atoms with Crippen LogP contribution < -0.4 is 9.80 Å². The molecule has 2 aliphatic rings. The predicted molar refractivity (Wildman–Crippen MR) is 157 cm³/mol. The fourth-order valence-electron chi connectivity index (χ4n) is 6.23. The summed E-state index contributed by atoms with van der Waals surface area (Å²) in [5.74, 6) is -0.0206. The second kappa shape index (κ2) is 10.4. The zero-order valence-electron chi connectivity index (χ0n) is 24.7. The van der Waals surface area contributed by atoms with Crippen molar-refractivity contribution in [1.82, 2.24) is 9.80 Å². The third kappa shape index (κ3) is 5.40. The number of hydrogen-bond donors (Lipinski definition) is 0. The minimum absolute atomic E-state index is 0.00938. The van der Waals surface area contributed by atoms with E-state index < -0.39 is 21.9 Å². The molecule has 2 aromatic rings. The summed E-state index contributed by atoms with van der Waals surface area (Å²) in [5.41, 5.74) is 2.73. The first-order chi connectivity index (χ1) is 18.5. The average molecular weight is 553 g/mol. The maximum atomic E-state index is 14.8. The van der Waals surface area contributed by atoms with Gasteiger partial charge in [0, 0.05) is 72.6 Å². The second-order valence-corrected chi connectivity index (χ2v) is 12.9. The number of likely N-dealkylation sites (N-methyl/N-ethyl adjacent to an activating group) is 2. The molecule has 0 fully saturated rings. The topological polar surface area (TPSA) is 116 Å². The molecule has 0 bridgehead atoms. The van der Waals surface area contributed by atoms with Gasteiger partial charge in [0.15, 0.2) is 5.78 Å². The lowest BCUT2D eigenvalue weighted by Crippen LogP contribution is -2.58. The molecular weight excluding hydrogens is 512 g/mol. The van der Waals surface area contributed by atoms with Crippen LogP contribution in [0.5, 0.6) is 0 Å². The Labute approximate surface area is 235 Å². The molecule has 11 heteroatoms. The molecular formula is C29H40N6O5. The Morgan fingerprint density at radius 3 is 1.43 bits per heavy atom. The van der Waals surface area contributed by atoms with Crippen molar-refractivity contribution < 1.29 is 14.6 Å². The third-order valence-corrected chi connectivity index (χ3v) is 8.08. The Balaban J connectivity index is 1.82. The quantitative estimate of drug-likeness (QED) is 0.320. The zero-order valence-corrected chi connectivity index (χ0v) is 24.7. The fraction of sp³-hybridized carbons (Fsp3) is 0.552. The van der Waals surface area contributed by atoms with Gasteiger partial charge < -0.3 is 19.6 Å². The van der Waals surface area contributed by atoms with Gasteiger partial charge in [0.2, 0.25) is 0 Å². The molecule has 0 saturated heterocycles. The van der Waals surface area contributed by atoms with Crippen LogP contribution in [0, 0.1) is 20.2 Å². The summed E-state index contributed by atoms with van der Waals surface area (Å²) in [6, 6.07) is 8.65. The summed E-state index contributed by atoms with van der Waals surface area (Å²) in [6.45, 7) is 10.3. The van der Waals surface area contributed by atoms with Crippen LogP contribution in [0.15, 0.2) is 36.4 Å². The smallest absolute Gasteiger partial charge is 0.271 e. The lowest BCUT2D eigenvalue weighted by Gasteiger charge is -2.39. The van der Waals surface area contributed by atoms with Gasteiger partial charge in [0.25, 0.3) is 11.4 Å². The molecule has 216 valence electrons.